The third-order valence-corrected chi connectivity index (χ3v) is 2.34. The molecule has 0 saturated carbocycles. The molecule has 0 saturated heterocycles. The molecule has 0 radical (unpaired) electrons. The fourth-order valence-electron chi connectivity index (χ4n) is 1.57. The summed E-state index contributed by atoms with van der Waals surface area (Å²) < 4.78 is 0. The summed E-state index contributed by atoms with van der Waals surface area (Å²) in [5, 5.41) is 18.0. The second-order valence-corrected chi connectivity index (χ2v) is 3.39. The van der Waals surface area contributed by atoms with Gasteiger partial charge in [0.1, 0.15) is 0 Å². The van der Waals surface area contributed by atoms with Crippen LogP contribution in [0.5, 0.6) is 0 Å². The van der Waals surface area contributed by atoms with Crippen LogP contribution in [0.4, 0.5) is 11.4 Å². The van der Waals surface area contributed by atoms with Crippen LogP contribution in [0.3, 0.4) is 0 Å². The van der Waals surface area contributed by atoms with Crippen molar-refractivity contribution in [3.63, 3.8) is 0 Å². The maximum atomic E-state index is 11.1. The molecule has 1 aromatic carbocycles. The second-order valence-electron chi connectivity index (χ2n) is 3.39. The predicted molar refractivity (Wildman–Crippen MR) is 62.8 cm³/mol. The molecule has 0 aliphatic heterocycles. The van der Waals surface area contributed by atoms with Crippen LogP contribution in [0.1, 0.15) is 17.3 Å². The zero-order valence-corrected chi connectivity index (χ0v) is 9.18. The lowest BCUT2D eigenvalue weighted by atomic mass is 10.1. The lowest BCUT2D eigenvalue weighted by molar-refractivity contribution is 0.0697. The predicted octanol–water partition coefficient (Wildman–Crippen LogP) is 0.786. The third kappa shape index (κ3) is 2.64. The van der Waals surface area contributed by atoms with Gasteiger partial charge < -0.3 is 20.8 Å². The van der Waals surface area contributed by atoms with Gasteiger partial charge in [-0.2, -0.15) is 0 Å². The summed E-state index contributed by atoms with van der Waals surface area (Å²) in [6.45, 7) is 2.92. The van der Waals surface area contributed by atoms with E-state index in [-0.39, 0.29) is 12.2 Å². The first-order chi connectivity index (χ1) is 7.60. The highest BCUT2D eigenvalue weighted by atomic mass is 16.4. The summed E-state index contributed by atoms with van der Waals surface area (Å²) in [6.07, 6.45) is 0. The number of nitrogen functional groups attached to an aromatic ring is 1. The van der Waals surface area contributed by atoms with Crippen LogP contribution in [0, 0.1) is 0 Å². The summed E-state index contributed by atoms with van der Waals surface area (Å²) in [5.41, 5.74) is 6.71. The topological polar surface area (TPSA) is 86.8 Å². The molecule has 0 aromatic heterocycles. The number of hydrogen-bond donors (Lipinski definition) is 3. The Morgan fingerprint density at radius 1 is 1.50 bits per heavy atom. The monoisotopic (exact) mass is 224 g/mol. The summed E-state index contributed by atoms with van der Waals surface area (Å²) in [5.74, 6) is -1.02. The maximum Gasteiger partial charge on any atom is 0.337 e. The molecule has 16 heavy (non-hydrogen) atoms. The van der Waals surface area contributed by atoms with Gasteiger partial charge in [-0.3, -0.25) is 0 Å². The Kier molecular flexibility index (Phi) is 4.13. The first-order valence-corrected chi connectivity index (χ1v) is 5.08. The molecule has 5 heteroatoms. The Labute approximate surface area is 94.1 Å². The molecule has 88 valence electrons. The molecule has 4 N–H and O–H groups in total. The largest absolute Gasteiger partial charge is 0.478 e. The summed E-state index contributed by atoms with van der Waals surface area (Å²) in [6, 6.07) is 4.75. The highest BCUT2D eigenvalue weighted by Gasteiger charge is 2.14. The van der Waals surface area contributed by atoms with Gasteiger partial charge in [-0.05, 0) is 25.1 Å². The van der Waals surface area contributed by atoms with Crippen molar-refractivity contribution >= 4 is 17.3 Å². The molecular weight excluding hydrogens is 208 g/mol. The molecule has 0 aliphatic carbocycles. The third-order valence-electron chi connectivity index (χ3n) is 2.34. The van der Waals surface area contributed by atoms with E-state index in [9.17, 15) is 4.79 Å². The standard InChI is InChI=1S/C11H16N2O3/c1-2-13(5-6-14)10-4-3-8(12)7-9(10)11(15)16/h3-4,7,14H,2,5-6,12H2,1H3,(H,15,16). The Morgan fingerprint density at radius 3 is 2.69 bits per heavy atom. The zero-order chi connectivity index (χ0) is 12.1. The van der Waals surface area contributed by atoms with Crippen molar-refractivity contribution in [2.24, 2.45) is 0 Å². The number of aromatic carboxylic acids is 1. The number of carbonyl (C=O) groups is 1. The molecule has 0 fully saturated rings. The number of hydrogen-bond acceptors (Lipinski definition) is 4. The smallest absolute Gasteiger partial charge is 0.337 e. The molecule has 0 heterocycles. The van der Waals surface area contributed by atoms with Gasteiger partial charge in [-0.1, -0.05) is 0 Å². The minimum Gasteiger partial charge on any atom is -0.478 e. The molecule has 5 nitrogen and oxygen atoms in total. The Bertz CT molecular complexity index is 379. The number of rotatable bonds is 5. The van der Waals surface area contributed by atoms with Crippen molar-refractivity contribution in [1.82, 2.24) is 0 Å². The van der Waals surface area contributed by atoms with E-state index >= 15 is 0 Å². The number of aliphatic hydroxyl groups is 1. The molecular formula is C11H16N2O3. The van der Waals surface area contributed by atoms with E-state index in [0.29, 0.717) is 24.5 Å². The van der Waals surface area contributed by atoms with Gasteiger partial charge in [0.15, 0.2) is 0 Å². The molecule has 1 aromatic rings. The number of benzene rings is 1. The summed E-state index contributed by atoms with van der Waals surface area (Å²) >= 11 is 0. The Balaban J connectivity index is 3.14. The lowest BCUT2D eigenvalue weighted by Crippen LogP contribution is -2.27. The van der Waals surface area contributed by atoms with Crippen LogP contribution in [0.15, 0.2) is 18.2 Å². The van der Waals surface area contributed by atoms with E-state index in [1.807, 2.05) is 6.92 Å². The number of anilines is 2. The van der Waals surface area contributed by atoms with Crippen molar-refractivity contribution < 1.29 is 15.0 Å². The van der Waals surface area contributed by atoms with Crippen molar-refractivity contribution in [3.05, 3.63) is 23.8 Å². The SMILES string of the molecule is CCN(CCO)c1ccc(N)cc1C(=O)O. The van der Waals surface area contributed by atoms with Crippen molar-refractivity contribution in [2.45, 2.75) is 6.92 Å². The molecule has 1 rings (SSSR count). The van der Waals surface area contributed by atoms with E-state index < -0.39 is 5.97 Å². The number of nitrogens with zero attached hydrogens (tertiary/aromatic N) is 1. The number of carboxylic acids is 1. The summed E-state index contributed by atoms with van der Waals surface area (Å²) in [4.78, 5) is 12.8. The van der Waals surface area contributed by atoms with Gasteiger partial charge in [0.05, 0.1) is 17.9 Å². The van der Waals surface area contributed by atoms with Crippen LogP contribution in [0.25, 0.3) is 0 Å². The average Bonchev–Trinajstić information content (AvgIpc) is 2.26. The average molecular weight is 224 g/mol. The van der Waals surface area contributed by atoms with Crippen LogP contribution in [0.2, 0.25) is 0 Å². The molecule has 0 bridgehead atoms. The van der Waals surface area contributed by atoms with Gasteiger partial charge >= 0.3 is 5.97 Å². The molecule has 0 spiro atoms. The quantitative estimate of drug-likeness (QED) is 0.643. The minimum atomic E-state index is -1.02. The van der Waals surface area contributed by atoms with Crippen molar-refractivity contribution in [1.29, 1.82) is 0 Å². The molecule has 0 aliphatic rings. The highest BCUT2D eigenvalue weighted by molar-refractivity contribution is 5.95. The van der Waals surface area contributed by atoms with Crippen LogP contribution in [-0.4, -0.2) is 35.9 Å². The lowest BCUT2D eigenvalue weighted by Gasteiger charge is -2.23. The molecule has 0 unspecified atom stereocenters. The van der Waals surface area contributed by atoms with Crippen LogP contribution < -0.4 is 10.6 Å². The Hall–Kier alpha value is -1.75. The van der Waals surface area contributed by atoms with Crippen molar-refractivity contribution in [3.8, 4) is 0 Å². The fourth-order valence-corrected chi connectivity index (χ4v) is 1.57. The maximum absolute atomic E-state index is 11.1. The molecule has 0 amide bonds. The van der Waals surface area contributed by atoms with Crippen molar-refractivity contribution in [2.75, 3.05) is 30.3 Å². The van der Waals surface area contributed by atoms with E-state index in [1.54, 1.807) is 17.0 Å². The zero-order valence-electron chi connectivity index (χ0n) is 9.18. The fraction of sp³-hybridized carbons (Fsp3) is 0.364. The van der Waals surface area contributed by atoms with Gasteiger partial charge in [-0.25, -0.2) is 4.79 Å². The number of aliphatic hydroxyl groups excluding tert-OH is 1. The van der Waals surface area contributed by atoms with E-state index in [2.05, 4.69) is 0 Å². The highest BCUT2D eigenvalue weighted by Crippen LogP contribution is 2.22. The van der Waals surface area contributed by atoms with Gasteiger partial charge in [0.25, 0.3) is 0 Å². The Morgan fingerprint density at radius 2 is 2.19 bits per heavy atom. The number of carboxylic acid groups (broad SMARTS) is 1. The van der Waals surface area contributed by atoms with E-state index in [0.717, 1.165) is 0 Å². The second kappa shape index (κ2) is 5.37. The van der Waals surface area contributed by atoms with Gasteiger partial charge in [0.2, 0.25) is 0 Å². The van der Waals surface area contributed by atoms with Gasteiger partial charge in [0, 0.05) is 18.8 Å². The first kappa shape index (κ1) is 12.3. The number of nitrogens with two attached hydrogens (primary N) is 1. The minimum absolute atomic E-state index is 0.0166. The normalized spacial score (nSPS) is 10.1. The first-order valence-electron chi connectivity index (χ1n) is 5.08. The van der Waals surface area contributed by atoms with E-state index in [4.69, 9.17) is 15.9 Å². The van der Waals surface area contributed by atoms with Gasteiger partial charge in [-0.15, -0.1) is 0 Å². The molecule has 0 atom stereocenters. The van der Waals surface area contributed by atoms with Crippen LogP contribution in [-0.2, 0) is 0 Å². The van der Waals surface area contributed by atoms with Crippen LogP contribution >= 0.6 is 0 Å². The summed E-state index contributed by atoms with van der Waals surface area (Å²) in [7, 11) is 0. The van der Waals surface area contributed by atoms with E-state index in [1.165, 1.54) is 6.07 Å². The number of likely N-dealkylation sites (N-methyl/N-ethyl adjacent to an activating group) is 1.